The standard InChI is InChI=1S/C45H27N3O2/c1-2-9-30(10-3-1)37-27-38(48-45(47-37)31-19-17-28(18-20-31)29-23-25-46-26-24-29)34-22-21-33(43-36-12-5-7-15-40(36)50-44(34)43)32-13-8-16-41-42(32)35-11-4-6-14-39(35)49-41/h1-27H. The van der Waals surface area contributed by atoms with Gasteiger partial charge in [0.1, 0.15) is 22.3 Å². The number of furan rings is 2. The third kappa shape index (κ3) is 4.60. The van der Waals surface area contributed by atoms with Gasteiger partial charge in [0.2, 0.25) is 0 Å². The summed E-state index contributed by atoms with van der Waals surface area (Å²) in [5.41, 5.74) is 12.2. The van der Waals surface area contributed by atoms with Crippen LogP contribution >= 0.6 is 0 Å². The van der Waals surface area contributed by atoms with Gasteiger partial charge in [0.15, 0.2) is 5.82 Å². The van der Waals surface area contributed by atoms with E-state index in [2.05, 4.69) is 96.0 Å². The highest BCUT2D eigenvalue weighted by atomic mass is 16.3. The first kappa shape index (κ1) is 28.2. The zero-order valence-corrected chi connectivity index (χ0v) is 26.7. The third-order valence-corrected chi connectivity index (χ3v) is 9.45. The second-order valence-electron chi connectivity index (χ2n) is 12.4. The molecule has 10 aromatic rings. The van der Waals surface area contributed by atoms with Gasteiger partial charge in [-0.25, -0.2) is 9.97 Å². The minimum atomic E-state index is 0.644. The lowest BCUT2D eigenvalue weighted by molar-refractivity contribution is 0.668. The van der Waals surface area contributed by atoms with E-state index in [0.717, 1.165) is 94.2 Å². The average molecular weight is 642 g/mol. The number of nitrogens with zero attached hydrogens (tertiary/aromatic N) is 3. The van der Waals surface area contributed by atoms with Gasteiger partial charge < -0.3 is 8.83 Å². The van der Waals surface area contributed by atoms with Crippen molar-refractivity contribution in [1.82, 2.24) is 15.0 Å². The van der Waals surface area contributed by atoms with Gasteiger partial charge in [-0.3, -0.25) is 4.98 Å². The summed E-state index contributed by atoms with van der Waals surface area (Å²) in [6.07, 6.45) is 3.62. The van der Waals surface area contributed by atoms with Gasteiger partial charge in [0, 0.05) is 50.6 Å². The molecule has 0 radical (unpaired) electrons. The molecular weight excluding hydrogens is 615 g/mol. The number of hydrogen-bond acceptors (Lipinski definition) is 5. The average Bonchev–Trinajstić information content (AvgIpc) is 3.77. The van der Waals surface area contributed by atoms with Crippen molar-refractivity contribution >= 4 is 43.9 Å². The minimum Gasteiger partial charge on any atom is -0.456 e. The summed E-state index contributed by atoms with van der Waals surface area (Å²) in [7, 11) is 0. The van der Waals surface area contributed by atoms with Crippen molar-refractivity contribution in [3.8, 4) is 56.2 Å². The van der Waals surface area contributed by atoms with Crippen molar-refractivity contribution < 1.29 is 8.83 Å². The molecule has 5 nitrogen and oxygen atoms in total. The maximum atomic E-state index is 6.75. The Hall–Kier alpha value is -6.85. The van der Waals surface area contributed by atoms with Crippen molar-refractivity contribution in [2.24, 2.45) is 0 Å². The maximum absolute atomic E-state index is 6.75. The zero-order chi connectivity index (χ0) is 33.0. The van der Waals surface area contributed by atoms with Crippen molar-refractivity contribution in [1.29, 1.82) is 0 Å². The molecule has 4 heterocycles. The quantitative estimate of drug-likeness (QED) is 0.187. The fraction of sp³-hybridized carbons (Fsp3) is 0. The molecule has 0 atom stereocenters. The molecule has 0 spiro atoms. The smallest absolute Gasteiger partial charge is 0.160 e. The zero-order valence-electron chi connectivity index (χ0n) is 26.7. The van der Waals surface area contributed by atoms with E-state index < -0.39 is 0 Å². The van der Waals surface area contributed by atoms with E-state index in [0.29, 0.717) is 5.82 Å². The Morgan fingerprint density at radius 3 is 1.78 bits per heavy atom. The third-order valence-electron chi connectivity index (χ3n) is 9.45. The van der Waals surface area contributed by atoms with Crippen LogP contribution in [-0.2, 0) is 0 Å². The van der Waals surface area contributed by atoms with E-state index in [-0.39, 0.29) is 0 Å². The van der Waals surface area contributed by atoms with Crippen molar-refractivity contribution in [3.05, 3.63) is 164 Å². The number of hydrogen-bond donors (Lipinski definition) is 0. The van der Waals surface area contributed by atoms with Gasteiger partial charge in [-0.2, -0.15) is 0 Å². The number of benzene rings is 6. The largest absolute Gasteiger partial charge is 0.456 e. The summed E-state index contributed by atoms with van der Waals surface area (Å²) in [5, 5.41) is 4.27. The second-order valence-corrected chi connectivity index (χ2v) is 12.4. The van der Waals surface area contributed by atoms with Crippen molar-refractivity contribution in [2.75, 3.05) is 0 Å². The van der Waals surface area contributed by atoms with Crippen LogP contribution in [0.25, 0.3) is 100 Å². The number of para-hydroxylation sites is 2. The highest BCUT2D eigenvalue weighted by Crippen LogP contribution is 2.45. The van der Waals surface area contributed by atoms with Crippen LogP contribution < -0.4 is 0 Å². The molecule has 4 aromatic heterocycles. The fourth-order valence-electron chi connectivity index (χ4n) is 7.08. The van der Waals surface area contributed by atoms with Crippen LogP contribution in [-0.4, -0.2) is 15.0 Å². The van der Waals surface area contributed by atoms with Crippen LogP contribution in [0, 0.1) is 0 Å². The summed E-state index contributed by atoms with van der Waals surface area (Å²) in [6, 6.07) is 51.8. The molecule has 0 aliphatic rings. The molecule has 234 valence electrons. The van der Waals surface area contributed by atoms with E-state index in [9.17, 15) is 0 Å². The fourth-order valence-corrected chi connectivity index (χ4v) is 7.08. The molecule has 0 saturated carbocycles. The predicted molar refractivity (Wildman–Crippen MR) is 202 cm³/mol. The first-order valence-electron chi connectivity index (χ1n) is 16.6. The van der Waals surface area contributed by atoms with E-state index in [1.165, 1.54) is 0 Å². The van der Waals surface area contributed by atoms with Crippen LogP contribution in [0.2, 0.25) is 0 Å². The molecule has 5 heteroatoms. The summed E-state index contributed by atoms with van der Waals surface area (Å²) in [5.74, 6) is 0.644. The first-order chi connectivity index (χ1) is 24.8. The number of rotatable bonds is 5. The van der Waals surface area contributed by atoms with Crippen LogP contribution in [0.15, 0.2) is 173 Å². The SMILES string of the molecule is c1ccc(-c2cc(-c3ccc(-c4cccc5oc6ccccc6c45)c4c3oc3ccccc34)nc(-c3ccc(-c4ccncc4)cc3)n2)cc1. The van der Waals surface area contributed by atoms with Crippen LogP contribution in [0.4, 0.5) is 0 Å². The Balaban J connectivity index is 1.21. The lowest BCUT2D eigenvalue weighted by Crippen LogP contribution is -1.96. The molecule has 0 bridgehead atoms. The molecule has 0 aliphatic heterocycles. The minimum absolute atomic E-state index is 0.644. The Kier molecular flexibility index (Phi) is 6.42. The van der Waals surface area contributed by atoms with Gasteiger partial charge >= 0.3 is 0 Å². The highest BCUT2D eigenvalue weighted by molar-refractivity contribution is 6.21. The first-order valence-corrected chi connectivity index (χ1v) is 16.6. The molecule has 0 aliphatic carbocycles. The maximum Gasteiger partial charge on any atom is 0.160 e. The normalized spacial score (nSPS) is 11.6. The van der Waals surface area contributed by atoms with Crippen molar-refractivity contribution in [2.45, 2.75) is 0 Å². The second kappa shape index (κ2) is 11.4. The van der Waals surface area contributed by atoms with Gasteiger partial charge in [0.25, 0.3) is 0 Å². The van der Waals surface area contributed by atoms with E-state index >= 15 is 0 Å². The molecule has 50 heavy (non-hydrogen) atoms. The highest BCUT2D eigenvalue weighted by Gasteiger charge is 2.22. The lowest BCUT2D eigenvalue weighted by atomic mass is 9.93. The topological polar surface area (TPSA) is 65.0 Å². The predicted octanol–water partition coefficient (Wildman–Crippen LogP) is 12.0. The molecule has 0 unspecified atom stereocenters. The van der Waals surface area contributed by atoms with Gasteiger partial charge in [-0.05, 0) is 64.7 Å². The summed E-state index contributed by atoms with van der Waals surface area (Å²) >= 11 is 0. The van der Waals surface area contributed by atoms with Crippen LogP contribution in [0.1, 0.15) is 0 Å². The van der Waals surface area contributed by atoms with Crippen LogP contribution in [0.3, 0.4) is 0 Å². The lowest BCUT2D eigenvalue weighted by Gasteiger charge is -2.12. The molecule has 0 fully saturated rings. The Bertz CT molecular complexity index is 2850. The summed E-state index contributed by atoms with van der Waals surface area (Å²) in [4.78, 5) is 14.5. The molecule has 0 amide bonds. The number of pyridine rings is 1. The van der Waals surface area contributed by atoms with E-state index in [1.54, 1.807) is 0 Å². The molecule has 0 N–H and O–H groups in total. The monoisotopic (exact) mass is 641 g/mol. The molecule has 6 aromatic carbocycles. The van der Waals surface area contributed by atoms with Crippen LogP contribution in [0.5, 0.6) is 0 Å². The Morgan fingerprint density at radius 2 is 0.980 bits per heavy atom. The summed E-state index contributed by atoms with van der Waals surface area (Å²) in [6.45, 7) is 0. The summed E-state index contributed by atoms with van der Waals surface area (Å²) < 4.78 is 13.0. The molecule has 10 rings (SSSR count). The van der Waals surface area contributed by atoms with E-state index in [4.69, 9.17) is 18.8 Å². The van der Waals surface area contributed by atoms with Gasteiger partial charge in [-0.1, -0.05) is 109 Å². The number of aromatic nitrogens is 3. The Morgan fingerprint density at radius 1 is 0.380 bits per heavy atom. The van der Waals surface area contributed by atoms with E-state index in [1.807, 2.05) is 73.1 Å². The van der Waals surface area contributed by atoms with Gasteiger partial charge in [-0.15, -0.1) is 0 Å². The molecular formula is C45H27N3O2. The Labute approximate surface area is 287 Å². The number of fused-ring (bicyclic) bond motifs is 6. The van der Waals surface area contributed by atoms with Gasteiger partial charge in [0.05, 0.1) is 11.4 Å². The van der Waals surface area contributed by atoms with Crippen molar-refractivity contribution in [3.63, 3.8) is 0 Å². The molecule has 0 saturated heterocycles.